The first-order chi connectivity index (χ1) is 12.6. The molecular formula is C18H17N5O3. The van der Waals surface area contributed by atoms with E-state index in [1.165, 1.54) is 11.2 Å². The van der Waals surface area contributed by atoms with Crippen molar-refractivity contribution in [2.45, 2.75) is 25.6 Å². The summed E-state index contributed by atoms with van der Waals surface area (Å²) >= 11 is 0. The Morgan fingerprint density at radius 1 is 1.31 bits per heavy atom. The van der Waals surface area contributed by atoms with Crippen molar-refractivity contribution >= 4 is 11.9 Å². The maximum Gasteiger partial charge on any atom is 0.326 e. The number of carboxylic acids is 1. The van der Waals surface area contributed by atoms with Crippen molar-refractivity contribution in [3.63, 3.8) is 0 Å². The van der Waals surface area contributed by atoms with E-state index >= 15 is 0 Å². The molecule has 8 nitrogen and oxygen atoms in total. The normalized spacial score (nSPS) is 16.3. The molecule has 1 amide bonds. The molecule has 4 rings (SSSR count). The van der Waals surface area contributed by atoms with Crippen molar-refractivity contribution in [2.75, 3.05) is 0 Å². The molecule has 1 atom stereocenters. The molecule has 3 heterocycles. The molecule has 0 radical (unpaired) electrons. The highest BCUT2D eigenvalue weighted by molar-refractivity contribution is 5.97. The van der Waals surface area contributed by atoms with Gasteiger partial charge in [0.05, 0.1) is 30.8 Å². The number of amides is 1. The van der Waals surface area contributed by atoms with Gasteiger partial charge in [-0.1, -0.05) is 12.1 Å². The lowest BCUT2D eigenvalue weighted by molar-refractivity contribution is -0.142. The number of nitrogens with zero attached hydrogens (tertiary/aromatic N) is 4. The maximum absolute atomic E-state index is 13.0. The minimum absolute atomic E-state index is 0.201. The van der Waals surface area contributed by atoms with Crippen LogP contribution in [0, 0.1) is 0 Å². The van der Waals surface area contributed by atoms with Crippen LogP contribution < -0.4 is 0 Å². The summed E-state index contributed by atoms with van der Waals surface area (Å²) < 4.78 is 1.77. The number of hydrogen-bond acceptors (Lipinski definition) is 4. The summed E-state index contributed by atoms with van der Waals surface area (Å²) in [5.74, 6) is -1.33. The number of rotatable bonds is 4. The predicted octanol–water partition coefficient (Wildman–Crippen LogP) is 1.31. The zero-order valence-electron chi connectivity index (χ0n) is 13.9. The third-order valence-corrected chi connectivity index (χ3v) is 4.52. The fraction of sp³-hybridized carbons (Fsp3) is 0.222. The van der Waals surface area contributed by atoms with Gasteiger partial charge in [-0.05, 0) is 23.8 Å². The first-order valence-corrected chi connectivity index (χ1v) is 8.23. The van der Waals surface area contributed by atoms with E-state index in [-0.39, 0.29) is 18.9 Å². The maximum atomic E-state index is 13.0. The molecule has 0 fully saturated rings. The van der Waals surface area contributed by atoms with Gasteiger partial charge in [0.25, 0.3) is 5.91 Å². The molecule has 8 heteroatoms. The van der Waals surface area contributed by atoms with E-state index in [0.29, 0.717) is 17.8 Å². The summed E-state index contributed by atoms with van der Waals surface area (Å²) in [6.07, 6.45) is 5.27. The molecule has 0 spiro atoms. The summed E-state index contributed by atoms with van der Waals surface area (Å²) in [6.45, 7) is 0.746. The van der Waals surface area contributed by atoms with Crippen LogP contribution in [0.4, 0.5) is 0 Å². The zero-order chi connectivity index (χ0) is 18.1. The number of fused-ring (bicyclic) bond motifs is 1. The number of imidazole rings is 1. The van der Waals surface area contributed by atoms with Crippen LogP contribution in [-0.4, -0.2) is 47.7 Å². The van der Waals surface area contributed by atoms with Crippen LogP contribution in [0.1, 0.15) is 27.3 Å². The molecule has 0 saturated heterocycles. The van der Waals surface area contributed by atoms with Crippen LogP contribution in [0.3, 0.4) is 0 Å². The molecule has 0 bridgehead atoms. The molecule has 1 aromatic carbocycles. The fourth-order valence-corrected chi connectivity index (χ4v) is 3.22. The van der Waals surface area contributed by atoms with Gasteiger partial charge >= 0.3 is 5.97 Å². The van der Waals surface area contributed by atoms with Gasteiger partial charge in [-0.25, -0.2) is 9.78 Å². The topological polar surface area (TPSA) is 104 Å². The highest BCUT2D eigenvalue weighted by Crippen LogP contribution is 2.23. The largest absolute Gasteiger partial charge is 0.480 e. The van der Waals surface area contributed by atoms with E-state index in [9.17, 15) is 14.7 Å². The Morgan fingerprint density at radius 3 is 2.96 bits per heavy atom. The summed E-state index contributed by atoms with van der Waals surface area (Å²) in [5, 5.41) is 13.7. The first-order valence-electron chi connectivity index (χ1n) is 8.23. The van der Waals surface area contributed by atoms with Gasteiger partial charge in [0.2, 0.25) is 0 Å². The van der Waals surface area contributed by atoms with Crippen LogP contribution in [0.2, 0.25) is 0 Å². The summed E-state index contributed by atoms with van der Waals surface area (Å²) in [7, 11) is 0. The van der Waals surface area contributed by atoms with E-state index in [2.05, 4.69) is 15.1 Å². The lowest BCUT2D eigenvalue weighted by Crippen LogP contribution is -2.48. The molecular weight excluding hydrogens is 334 g/mol. The number of hydrogen-bond donors (Lipinski definition) is 2. The third-order valence-electron chi connectivity index (χ3n) is 4.52. The molecule has 1 aliphatic heterocycles. The van der Waals surface area contributed by atoms with Gasteiger partial charge < -0.3 is 15.0 Å². The van der Waals surface area contributed by atoms with Crippen LogP contribution >= 0.6 is 0 Å². The molecule has 26 heavy (non-hydrogen) atoms. The third kappa shape index (κ3) is 2.97. The quantitative estimate of drug-likeness (QED) is 0.737. The van der Waals surface area contributed by atoms with Crippen molar-refractivity contribution < 1.29 is 14.7 Å². The Hall–Kier alpha value is -3.42. The van der Waals surface area contributed by atoms with Crippen LogP contribution in [0.25, 0.3) is 0 Å². The summed E-state index contributed by atoms with van der Waals surface area (Å²) in [5.41, 5.74) is 2.87. The number of aliphatic carboxylic acids is 1. The van der Waals surface area contributed by atoms with Crippen molar-refractivity contribution in [3.05, 3.63) is 71.6 Å². The molecule has 2 aromatic heterocycles. The Morgan fingerprint density at radius 2 is 2.19 bits per heavy atom. The Labute approximate surface area is 149 Å². The van der Waals surface area contributed by atoms with Crippen molar-refractivity contribution in [2.24, 2.45) is 0 Å². The lowest BCUT2D eigenvalue weighted by Gasteiger charge is -2.32. The fourth-order valence-electron chi connectivity index (χ4n) is 3.22. The highest BCUT2D eigenvalue weighted by Gasteiger charge is 2.36. The number of aromatic amines is 1. The number of nitrogens with one attached hydrogen (secondary N) is 1. The highest BCUT2D eigenvalue weighted by atomic mass is 16.4. The predicted molar refractivity (Wildman–Crippen MR) is 91.4 cm³/mol. The van der Waals surface area contributed by atoms with Crippen molar-refractivity contribution in [1.82, 2.24) is 24.6 Å². The first kappa shape index (κ1) is 16.1. The second-order valence-corrected chi connectivity index (χ2v) is 6.22. The number of aromatic nitrogens is 4. The number of H-pyrrole nitrogens is 1. The van der Waals surface area contributed by atoms with Crippen molar-refractivity contribution in [1.29, 1.82) is 0 Å². The summed E-state index contributed by atoms with van der Waals surface area (Å²) in [6, 6.07) is 8.11. The standard InChI is InChI=1S/C18H17N5O3/c24-17(13-4-1-3-12(7-13)9-22-6-2-5-21-22)23-10-15-14(19-11-20-15)8-16(23)18(25)26/h1-7,11,16H,8-10H2,(H,19,20)(H,25,26). The Balaban J connectivity index is 1.61. The molecule has 3 aromatic rings. The van der Waals surface area contributed by atoms with E-state index in [4.69, 9.17) is 0 Å². The van der Waals surface area contributed by atoms with Gasteiger partial charge in [0.15, 0.2) is 0 Å². The molecule has 132 valence electrons. The van der Waals surface area contributed by atoms with Crippen LogP contribution in [0.15, 0.2) is 49.1 Å². The smallest absolute Gasteiger partial charge is 0.326 e. The number of carbonyl (C=O) groups excluding carboxylic acids is 1. The van der Waals surface area contributed by atoms with Crippen LogP contribution in [-0.2, 0) is 24.3 Å². The van der Waals surface area contributed by atoms with Crippen LogP contribution in [0.5, 0.6) is 0 Å². The van der Waals surface area contributed by atoms with E-state index in [1.54, 1.807) is 29.1 Å². The SMILES string of the molecule is O=C(O)C1Cc2nc[nH]c2CN1C(=O)c1cccc(Cn2cccn2)c1. The second kappa shape index (κ2) is 6.47. The summed E-state index contributed by atoms with van der Waals surface area (Å²) in [4.78, 5) is 33.2. The zero-order valence-corrected chi connectivity index (χ0v) is 13.9. The van der Waals surface area contributed by atoms with Gasteiger partial charge in [0.1, 0.15) is 6.04 Å². The van der Waals surface area contributed by atoms with Gasteiger partial charge in [-0.15, -0.1) is 0 Å². The van der Waals surface area contributed by atoms with E-state index in [0.717, 1.165) is 11.3 Å². The van der Waals surface area contributed by atoms with Gasteiger partial charge in [-0.2, -0.15) is 5.10 Å². The average Bonchev–Trinajstić information content (AvgIpc) is 3.31. The number of carboxylic acid groups (broad SMARTS) is 1. The molecule has 2 N–H and O–H groups in total. The lowest BCUT2D eigenvalue weighted by atomic mass is 10.0. The molecule has 0 aliphatic carbocycles. The van der Waals surface area contributed by atoms with E-state index < -0.39 is 12.0 Å². The minimum Gasteiger partial charge on any atom is -0.480 e. The number of benzene rings is 1. The average molecular weight is 351 g/mol. The van der Waals surface area contributed by atoms with Gasteiger partial charge in [-0.3, -0.25) is 9.48 Å². The molecule has 0 saturated carbocycles. The second-order valence-electron chi connectivity index (χ2n) is 6.22. The molecule has 1 aliphatic rings. The number of carbonyl (C=O) groups is 2. The Bertz CT molecular complexity index is 947. The van der Waals surface area contributed by atoms with Crippen molar-refractivity contribution in [3.8, 4) is 0 Å². The van der Waals surface area contributed by atoms with E-state index in [1.807, 2.05) is 18.3 Å². The monoisotopic (exact) mass is 351 g/mol. The minimum atomic E-state index is -1.03. The Kier molecular flexibility index (Phi) is 4.00. The van der Waals surface area contributed by atoms with Gasteiger partial charge in [0, 0.05) is 24.4 Å². The molecule has 1 unspecified atom stereocenters.